The van der Waals surface area contributed by atoms with Gasteiger partial charge in [0.05, 0.1) is 0 Å². The molecule has 96 valence electrons. The molecular weight excluding hydrogens is 244 g/mol. The Balaban J connectivity index is 2.04. The number of hydrogen-bond donors (Lipinski definition) is 1. The van der Waals surface area contributed by atoms with Gasteiger partial charge in [0.1, 0.15) is 18.7 Å². The molecule has 1 amide bonds. The van der Waals surface area contributed by atoms with Gasteiger partial charge in [-0.05, 0) is 24.3 Å². The lowest BCUT2D eigenvalue weighted by molar-refractivity contribution is 0.102. The third kappa shape index (κ3) is 3.10. The molecule has 0 saturated carbocycles. The number of nitrogens with one attached hydrogen (secondary N) is 1. The first kappa shape index (κ1) is 12.6. The lowest BCUT2D eigenvalue weighted by atomic mass is 10.2. The van der Waals surface area contributed by atoms with E-state index in [1.807, 2.05) is 0 Å². The molecular formula is C13H12N4O2. The summed E-state index contributed by atoms with van der Waals surface area (Å²) in [6.07, 6.45) is 6.46. The van der Waals surface area contributed by atoms with Crippen LogP contribution < -0.4 is 10.1 Å². The van der Waals surface area contributed by atoms with Gasteiger partial charge in [0.15, 0.2) is 0 Å². The van der Waals surface area contributed by atoms with Gasteiger partial charge in [0.2, 0.25) is 5.95 Å². The fraction of sp³-hybridized carbons (Fsp3) is 0.154. The molecule has 1 heterocycles. The topological polar surface area (TPSA) is 69.0 Å². The second-order valence-corrected chi connectivity index (χ2v) is 3.68. The zero-order valence-electron chi connectivity index (χ0n) is 10.3. The molecule has 0 unspecified atom stereocenters. The van der Waals surface area contributed by atoms with Gasteiger partial charge in [-0.25, -0.2) is 4.68 Å². The van der Waals surface area contributed by atoms with Crippen LogP contribution in [0.4, 0.5) is 5.95 Å². The molecule has 0 spiro atoms. The molecule has 19 heavy (non-hydrogen) atoms. The Morgan fingerprint density at radius 1 is 1.47 bits per heavy atom. The summed E-state index contributed by atoms with van der Waals surface area (Å²) in [7, 11) is 1.69. The zero-order valence-corrected chi connectivity index (χ0v) is 10.3. The molecule has 0 aliphatic rings. The number of terminal acetylenes is 1. The maximum absolute atomic E-state index is 11.9. The van der Waals surface area contributed by atoms with E-state index in [1.165, 1.54) is 11.0 Å². The van der Waals surface area contributed by atoms with Gasteiger partial charge in [0.25, 0.3) is 5.91 Å². The van der Waals surface area contributed by atoms with Gasteiger partial charge >= 0.3 is 0 Å². The van der Waals surface area contributed by atoms with Crippen LogP contribution in [0.5, 0.6) is 5.75 Å². The summed E-state index contributed by atoms with van der Waals surface area (Å²) in [4.78, 5) is 15.8. The summed E-state index contributed by atoms with van der Waals surface area (Å²) in [5.41, 5.74) is 0.496. The first-order valence-electron chi connectivity index (χ1n) is 5.52. The van der Waals surface area contributed by atoms with Crippen molar-refractivity contribution >= 4 is 11.9 Å². The number of anilines is 1. The number of aromatic nitrogens is 3. The van der Waals surface area contributed by atoms with Gasteiger partial charge in [-0.2, -0.15) is 10.1 Å². The fourth-order valence-electron chi connectivity index (χ4n) is 1.41. The Bertz CT molecular complexity index is 610. The second-order valence-electron chi connectivity index (χ2n) is 3.68. The highest BCUT2D eigenvalue weighted by atomic mass is 16.5. The van der Waals surface area contributed by atoms with Gasteiger partial charge in [-0.15, -0.1) is 6.42 Å². The summed E-state index contributed by atoms with van der Waals surface area (Å²) >= 11 is 0. The van der Waals surface area contributed by atoms with E-state index in [0.717, 1.165) is 0 Å². The molecule has 0 fully saturated rings. The van der Waals surface area contributed by atoms with E-state index in [-0.39, 0.29) is 12.5 Å². The van der Waals surface area contributed by atoms with Crippen molar-refractivity contribution in [1.82, 2.24) is 14.8 Å². The molecule has 1 aromatic carbocycles. The van der Waals surface area contributed by atoms with E-state index in [1.54, 1.807) is 31.3 Å². The van der Waals surface area contributed by atoms with Crippen LogP contribution in [0.15, 0.2) is 30.6 Å². The van der Waals surface area contributed by atoms with Crippen LogP contribution in [-0.2, 0) is 7.05 Å². The normalized spacial score (nSPS) is 9.68. The van der Waals surface area contributed by atoms with Gasteiger partial charge in [-0.3, -0.25) is 10.1 Å². The van der Waals surface area contributed by atoms with E-state index < -0.39 is 0 Å². The number of aryl methyl sites for hydroxylation is 1. The third-order valence-electron chi connectivity index (χ3n) is 2.38. The average Bonchev–Trinajstić information content (AvgIpc) is 2.82. The minimum Gasteiger partial charge on any atom is -0.481 e. The Labute approximate surface area is 110 Å². The molecule has 2 aromatic rings. The van der Waals surface area contributed by atoms with Gasteiger partial charge in [0, 0.05) is 12.6 Å². The Kier molecular flexibility index (Phi) is 3.78. The van der Waals surface area contributed by atoms with E-state index in [9.17, 15) is 4.79 Å². The maximum Gasteiger partial charge on any atom is 0.258 e. The minimum absolute atomic E-state index is 0.199. The first-order chi connectivity index (χ1) is 9.20. The van der Waals surface area contributed by atoms with E-state index in [0.29, 0.717) is 17.3 Å². The molecule has 0 aliphatic heterocycles. The first-order valence-corrected chi connectivity index (χ1v) is 5.52. The van der Waals surface area contributed by atoms with Crippen molar-refractivity contribution in [3.8, 4) is 18.1 Å². The van der Waals surface area contributed by atoms with Crippen molar-refractivity contribution in [2.45, 2.75) is 0 Å². The van der Waals surface area contributed by atoms with E-state index in [2.05, 4.69) is 21.3 Å². The summed E-state index contributed by atoms with van der Waals surface area (Å²) in [5.74, 6) is 3.11. The second kappa shape index (κ2) is 5.69. The largest absolute Gasteiger partial charge is 0.481 e. The Morgan fingerprint density at radius 2 is 2.21 bits per heavy atom. The third-order valence-corrected chi connectivity index (χ3v) is 2.38. The van der Waals surface area contributed by atoms with Crippen LogP contribution in [-0.4, -0.2) is 27.3 Å². The Morgan fingerprint density at radius 3 is 2.79 bits per heavy atom. The maximum atomic E-state index is 11.9. The Hall–Kier alpha value is -2.81. The number of benzene rings is 1. The number of carbonyl (C=O) groups excluding carboxylic acids is 1. The SMILES string of the molecule is C#CCOc1ccc(C(=O)Nc2ncnn2C)cc1. The molecule has 1 aromatic heterocycles. The van der Waals surface area contributed by atoms with Crippen molar-refractivity contribution in [3.63, 3.8) is 0 Å². The molecule has 0 saturated heterocycles. The standard InChI is InChI=1S/C13H12N4O2/c1-3-8-19-11-6-4-10(5-7-11)12(18)16-13-14-9-15-17(13)2/h1,4-7,9H,8H2,2H3,(H,14,15,16,18). The summed E-state index contributed by atoms with van der Waals surface area (Å²) < 4.78 is 6.70. The van der Waals surface area contributed by atoms with Crippen molar-refractivity contribution in [2.24, 2.45) is 7.05 Å². The smallest absolute Gasteiger partial charge is 0.258 e. The van der Waals surface area contributed by atoms with E-state index >= 15 is 0 Å². The highest BCUT2D eigenvalue weighted by Crippen LogP contribution is 2.13. The molecule has 0 aliphatic carbocycles. The average molecular weight is 256 g/mol. The molecule has 0 bridgehead atoms. The number of ether oxygens (including phenoxy) is 1. The molecule has 1 N–H and O–H groups in total. The fourth-order valence-corrected chi connectivity index (χ4v) is 1.41. The summed E-state index contributed by atoms with van der Waals surface area (Å²) in [5, 5.41) is 6.51. The molecule has 2 rings (SSSR count). The van der Waals surface area contributed by atoms with Gasteiger partial charge in [-0.1, -0.05) is 5.92 Å². The predicted molar refractivity (Wildman–Crippen MR) is 69.7 cm³/mol. The van der Waals surface area contributed by atoms with Crippen molar-refractivity contribution in [2.75, 3.05) is 11.9 Å². The molecule has 6 heteroatoms. The highest BCUT2D eigenvalue weighted by molar-refractivity contribution is 6.03. The number of carbonyl (C=O) groups is 1. The molecule has 6 nitrogen and oxygen atoms in total. The van der Waals surface area contributed by atoms with Gasteiger partial charge < -0.3 is 4.74 Å². The lowest BCUT2D eigenvalue weighted by Crippen LogP contribution is -2.15. The van der Waals surface area contributed by atoms with Crippen LogP contribution in [0.2, 0.25) is 0 Å². The van der Waals surface area contributed by atoms with Crippen LogP contribution in [0.3, 0.4) is 0 Å². The van der Waals surface area contributed by atoms with Crippen molar-refractivity contribution < 1.29 is 9.53 Å². The van der Waals surface area contributed by atoms with Crippen molar-refractivity contribution in [1.29, 1.82) is 0 Å². The monoisotopic (exact) mass is 256 g/mol. The molecule has 0 radical (unpaired) electrons. The number of hydrogen-bond acceptors (Lipinski definition) is 4. The predicted octanol–water partition coefficient (Wildman–Crippen LogP) is 1.08. The highest BCUT2D eigenvalue weighted by Gasteiger charge is 2.09. The lowest BCUT2D eigenvalue weighted by Gasteiger charge is -2.05. The quantitative estimate of drug-likeness (QED) is 0.831. The zero-order chi connectivity index (χ0) is 13.7. The summed E-state index contributed by atoms with van der Waals surface area (Å²) in [6.45, 7) is 0.199. The number of amides is 1. The van der Waals surface area contributed by atoms with Crippen molar-refractivity contribution in [3.05, 3.63) is 36.2 Å². The minimum atomic E-state index is -0.264. The number of rotatable bonds is 4. The van der Waals surface area contributed by atoms with E-state index in [4.69, 9.17) is 11.2 Å². The van der Waals surface area contributed by atoms with Crippen LogP contribution in [0.1, 0.15) is 10.4 Å². The van der Waals surface area contributed by atoms with Crippen LogP contribution in [0, 0.1) is 12.3 Å². The molecule has 0 atom stereocenters. The number of nitrogens with zero attached hydrogens (tertiary/aromatic N) is 3. The van der Waals surface area contributed by atoms with Crippen LogP contribution in [0.25, 0.3) is 0 Å². The summed E-state index contributed by atoms with van der Waals surface area (Å²) in [6, 6.07) is 6.67. The van der Waals surface area contributed by atoms with Crippen LogP contribution >= 0.6 is 0 Å².